The predicted molar refractivity (Wildman–Crippen MR) is 172 cm³/mol. The fourth-order valence-corrected chi connectivity index (χ4v) is 6.59. The van der Waals surface area contributed by atoms with Crippen molar-refractivity contribution in [1.82, 2.24) is 25.5 Å². The van der Waals surface area contributed by atoms with Gasteiger partial charge in [0, 0.05) is 30.8 Å². The van der Waals surface area contributed by atoms with Crippen LogP contribution in [0.3, 0.4) is 0 Å². The Morgan fingerprint density at radius 3 is 2.16 bits per heavy atom. The summed E-state index contributed by atoms with van der Waals surface area (Å²) in [6, 6.07) is 22.0. The zero-order valence-electron chi connectivity index (χ0n) is 26.6. The number of amides is 1. The van der Waals surface area contributed by atoms with E-state index in [1.807, 2.05) is 54.6 Å². The van der Waals surface area contributed by atoms with E-state index < -0.39 is 46.8 Å². The smallest absolute Gasteiger partial charge is 0.257 e. The first-order valence-corrected chi connectivity index (χ1v) is 16.4. The number of ether oxygens (including phenoxy) is 2. The zero-order chi connectivity index (χ0) is 35.5. The van der Waals surface area contributed by atoms with Gasteiger partial charge in [-0.2, -0.15) is 0 Å². The van der Waals surface area contributed by atoms with Crippen molar-refractivity contribution in [2.45, 2.75) is 43.7 Å². The van der Waals surface area contributed by atoms with Crippen LogP contribution in [-0.2, 0) is 29.7 Å². The summed E-state index contributed by atoms with van der Waals surface area (Å²) < 4.78 is 83.4. The molecule has 1 saturated heterocycles. The van der Waals surface area contributed by atoms with Gasteiger partial charge in [-0.3, -0.25) is 4.79 Å². The number of nitrogens with zero attached hydrogens (tertiary/aromatic N) is 4. The second-order valence-electron chi connectivity index (χ2n) is 11.7. The minimum atomic E-state index is -2.34. The second-order valence-corrected chi connectivity index (χ2v) is 12.7. The number of halogens is 5. The van der Waals surface area contributed by atoms with Crippen molar-refractivity contribution < 1.29 is 41.3 Å². The number of carbonyl (C=O) groups excluding carboxylic acids is 1. The molecule has 1 aliphatic rings. The molecule has 6 rings (SSSR count). The molecular formula is C35H30F5N5O4S. The third-order valence-electron chi connectivity index (χ3n) is 8.41. The highest BCUT2D eigenvalue weighted by atomic mass is 32.2. The average Bonchev–Trinajstić information content (AvgIpc) is 3.56. The van der Waals surface area contributed by atoms with Crippen LogP contribution >= 0.6 is 11.8 Å². The quantitative estimate of drug-likeness (QED) is 0.0724. The van der Waals surface area contributed by atoms with Crippen LogP contribution in [0.25, 0.3) is 11.1 Å². The van der Waals surface area contributed by atoms with Crippen LogP contribution in [0.5, 0.6) is 0 Å². The maximum atomic E-state index is 14.1. The highest BCUT2D eigenvalue weighted by Crippen LogP contribution is 2.43. The Bertz CT molecular complexity index is 1970. The van der Waals surface area contributed by atoms with Crippen molar-refractivity contribution in [3.63, 3.8) is 0 Å². The molecular weight excluding hydrogens is 681 g/mol. The number of thioether (sulfide) groups is 1. The van der Waals surface area contributed by atoms with Crippen LogP contribution < -0.4 is 5.32 Å². The molecule has 4 aromatic carbocycles. The van der Waals surface area contributed by atoms with Crippen molar-refractivity contribution in [3.8, 4) is 11.1 Å². The Balaban J connectivity index is 1.18. The number of hydrogen-bond acceptors (Lipinski definition) is 8. The molecule has 15 heteroatoms. The predicted octanol–water partition coefficient (Wildman–Crippen LogP) is 6.58. The number of aliphatic hydroxyl groups excluding tert-OH is 1. The normalized spacial score (nSPS) is 19.0. The van der Waals surface area contributed by atoms with Crippen molar-refractivity contribution in [2.75, 3.05) is 5.75 Å². The van der Waals surface area contributed by atoms with Gasteiger partial charge in [-0.1, -0.05) is 85.4 Å². The Kier molecular flexibility index (Phi) is 10.6. The number of carbonyl (C=O) groups is 1. The molecule has 5 aromatic rings. The highest BCUT2D eigenvalue weighted by molar-refractivity contribution is 7.99. The van der Waals surface area contributed by atoms with E-state index in [0.717, 1.165) is 27.8 Å². The van der Waals surface area contributed by atoms with Gasteiger partial charge in [0.15, 0.2) is 29.6 Å². The van der Waals surface area contributed by atoms with Crippen molar-refractivity contribution in [3.05, 3.63) is 130 Å². The van der Waals surface area contributed by atoms with Crippen LogP contribution in [-0.4, -0.2) is 43.1 Å². The molecule has 1 aliphatic heterocycles. The van der Waals surface area contributed by atoms with Crippen molar-refractivity contribution >= 4 is 17.7 Å². The third-order valence-corrected chi connectivity index (χ3v) is 9.51. The number of aryl methyl sites for hydroxylation is 1. The maximum Gasteiger partial charge on any atom is 0.257 e. The lowest BCUT2D eigenvalue weighted by Gasteiger charge is -2.41. The number of rotatable bonds is 10. The molecule has 1 amide bonds. The Morgan fingerprint density at radius 2 is 1.52 bits per heavy atom. The number of tetrazole rings is 1. The Hall–Kier alpha value is -4.70. The second kappa shape index (κ2) is 15.0. The Morgan fingerprint density at radius 1 is 0.860 bits per heavy atom. The van der Waals surface area contributed by atoms with E-state index in [1.165, 1.54) is 11.8 Å². The van der Waals surface area contributed by atoms with Gasteiger partial charge in [0.1, 0.15) is 5.56 Å². The zero-order valence-corrected chi connectivity index (χ0v) is 27.4. The van der Waals surface area contributed by atoms with Gasteiger partial charge in [-0.25, -0.2) is 26.6 Å². The topological polar surface area (TPSA) is 111 Å². The lowest BCUT2D eigenvalue weighted by Crippen LogP contribution is -2.38. The molecule has 0 radical (unpaired) electrons. The highest BCUT2D eigenvalue weighted by Gasteiger charge is 2.38. The molecule has 2 heterocycles. The summed E-state index contributed by atoms with van der Waals surface area (Å²) in [6.07, 6.45) is -1.27. The van der Waals surface area contributed by atoms with Gasteiger partial charge in [0.25, 0.3) is 5.91 Å². The molecule has 260 valence electrons. The lowest BCUT2D eigenvalue weighted by atomic mass is 9.91. The summed E-state index contributed by atoms with van der Waals surface area (Å²) in [5.41, 5.74) is 3.00. The first kappa shape index (κ1) is 35.1. The van der Waals surface area contributed by atoms with Gasteiger partial charge >= 0.3 is 0 Å². The molecule has 0 aliphatic carbocycles. The molecule has 9 nitrogen and oxygen atoms in total. The van der Waals surface area contributed by atoms with Crippen molar-refractivity contribution in [2.24, 2.45) is 13.0 Å². The molecule has 4 atom stereocenters. The maximum absolute atomic E-state index is 14.1. The molecule has 50 heavy (non-hydrogen) atoms. The summed E-state index contributed by atoms with van der Waals surface area (Å²) in [5.74, 6) is -12.1. The third kappa shape index (κ3) is 7.26. The van der Waals surface area contributed by atoms with E-state index in [9.17, 15) is 31.9 Å². The number of aliphatic hydroxyl groups is 1. The Labute approximate surface area is 287 Å². The number of hydrogen-bond donors (Lipinski definition) is 2. The average molecular weight is 712 g/mol. The molecule has 0 unspecified atom stereocenters. The van der Waals surface area contributed by atoms with Crippen LogP contribution in [0.4, 0.5) is 22.0 Å². The number of aromatic nitrogens is 4. The first-order chi connectivity index (χ1) is 24.0. The summed E-state index contributed by atoms with van der Waals surface area (Å²) in [5, 5.41) is 24.0. The van der Waals surface area contributed by atoms with Gasteiger partial charge in [0.2, 0.25) is 11.0 Å². The monoisotopic (exact) mass is 711 g/mol. The molecule has 0 bridgehead atoms. The summed E-state index contributed by atoms with van der Waals surface area (Å²) in [6.45, 7) is 1.75. The summed E-state index contributed by atoms with van der Waals surface area (Å²) >= 11 is 1.47. The minimum Gasteiger partial charge on any atom is -0.392 e. The number of nitrogens with one attached hydrogen (secondary N) is 1. The largest absolute Gasteiger partial charge is 0.392 e. The van der Waals surface area contributed by atoms with Crippen LogP contribution in [0.2, 0.25) is 0 Å². The first-order valence-electron chi connectivity index (χ1n) is 15.4. The van der Waals surface area contributed by atoms with E-state index in [2.05, 4.69) is 27.8 Å². The molecule has 0 saturated carbocycles. The standard InChI is InChI=1S/C35H30F5N5O4S/c1-18-25(17-50-35-42-43-44-45(35)2)48-34(49-32(18)22-8-6-19(16-46)7-9-22)23-12-10-21(11-13-23)24-5-3-4-20(14-24)15-41-33(47)26-27(36)29(38)31(40)30(39)28(26)37/h3-14,18,25,32,34,46H,15-17H2,1-2H3,(H,41,47)/t18-,25+,32+,34+/m0/s1. The van der Waals surface area contributed by atoms with Gasteiger partial charge < -0.3 is 19.9 Å². The molecule has 1 aromatic heterocycles. The number of benzene rings is 4. The van der Waals surface area contributed by atoms with E-state index in [0.29, 0.717) is 16.5 Å². The molecule has 2 N–H and O–H groups in total. The fourth-order valence-electron chi connectivity index (χ4n) is 5.58. The van der Waals surface area contributed by atoms with Crippen LogP contribution in [0, 0.1) is 35.0 Å². The van der Waals surface area contributed by atoms with E-state index in [-0.39, 0.29) is 31.3 Å². The van der Waals surface area contributed by atoms with Crippen LogP contribution in [0.1, 0.15) is 51.9 Å². The molecule has 0 spiro atoms. The van der Waals surface area contributed by atoms with Gasteiger partial charge in [-0.05, 0) is 44.3 Å². The summed E-state index contributed by atoms with van der Waals surface area (Å²) in [7, 11) is 1.76. The summed E-state index contributed by atoms with van der Waals surface area (Å²) in [4.78, 5) is 12.4. The SMILES string of the molecule is C[C@H]1[C@@H](CSc2nnnn2C)O[C@@H](c2ccc(-c3cccc(CNC(=O)c4c(F)c(F)c(F)c(F)c4F)c3)cc2)O[C@H]1c1ccc(CO)cc1. The van der Waals surface area contributed by atoms with Crippen LogP contribution in [0.15, 0.2) is 78.0 Å². The minimum absolute atomic E-state index is 0.0449. The van der Waals surface area contributed by atoms with E-state index >= 15 is 0 Å². The lowest BCUT2D eigenvalue weighted by molar-refractivity contribution is -0.268. The van der Waals surface area contributed by atoms with E-state index in [4.69, 9.17) is 9.47 Å². The van der Waals surface area contributed by atoms with Crippen molar-refractivity contribution in [1.29, 1.82) is 0 Å². The fraction of sp³-hybridized carbons (Fsp3) is 0.257. The molecule has 1 fully saturated rings. The van der Waals surface area contributed by atoms with Gasteiger partial charge in [-0.15, -0.1) is 5.10 Å². The van der Waals surface area contributed by atoms with E-state index in [1.54, 1.807) is 29.9 Å². The van der Waals surface area contributed by atoms with Gasteiger partial charge in [0.05, 0.1) is 18.8 Å².